The van der Waals surface area contributed by atoms with Crippen LogP contribution in [0.15, 0.2) is 60.7 Å². The number of benzene rings is 2. The number of carbonyl (C=O) groups excluding carboxylic acids is 4. The number of fused-ring (bicyclic) bond motifs is 1. The molecule has 1 aliphatic carbocycles. The molecule has 2 aromatic carbocycles. The molecule has 1 heterocycles. The van der Waals surface area contributed by atoms with Crippen molar-refractivity contribution in [2.45, 2.75) is 96.1 Å². The summed E-state index contributed by atoms with van der Waals surface area (Å²) in [5, 5.41) is 6.87. The Balaban J connectivity index is 0.00000147. The lowest BCUT2D eigenvalue weighted by molar-refractivity contribution is -0.191. The number of nitrogens with one attached hydrogen (secondary N) is 2. The van der Waals surface area contributed by atoms with Crippen molar-refractivity contribution < 1.29 is 23.9 Å². The Morgan fingerprint density at radius 1 is 0.976 bits per heavy atom. The monoisotopic (exact) mass is 564 g/mol. The number of hydrogen-bond donors (Lipinski definition) is 2. The number of carbonyl (C=O) groups is 2. The van der Waals surface area contributed by atoms with Gasteiger partial charge in [0.25, 0.3) is 0 Å². The van der Waals surface area contributed by atoms with Gasteiger partial charge in [0.2, 0.25) is 5.91 Å². The van der Waals surface area contributed by atoms with Crippen molar-refractivity contribution in [1.82, 2.24) is 20.4 Å². The molecular weight excluding hydrogens is 520 g/mol. The number of ether oxygens (including phenoxy) is 1. The van der Waals surface area contributed by atoms with E-state index in [4.69, 9.17) is 14.3 Å². The zero-order chi connectivity index (χ0) is 29.8. The first-order valence-corrected chi connectivity index (χ1v) is 14.4. The van der Waals surface area contributed by atoms with Crippen LogP contribution >= 0.6 is 0 Å². The number of rotatable bonds is 9. The maximum absolute atomic E-state index is 12.7. The van der Waals surface area contributed by atoms with Gasteiger partial charge in [-0.25, -0.2) is 4.79 Å². The van der Waals surface area contributed by atoms with Crippen LogP contribution in [0, 0.1) is 0 Å². The van der Waals surface area contributed by atoms with E-state index in [0.29, 0.717) is 18.8 Å². The van der Waals surface area contributed by atoms with Crippen LogP contribution in [0.2, 0.25) is 0 Å². The second kappa shape index (κ2) is 15.5. The Labute approximate surface area is 243 Å². The predicted molar refractivity (Wildman–Crippen MR) is 156 cm³/mol. The van der Waals surface area contributed by atoms with E-state index in [-0.39, 0.29) is 36.3 Å². The third-order valence-corrected chi connectivity index (χ3v) is 7.65. The summed E-state index contributed by atoms with van der Waals surface area (Å²) in [5.74, 6) is 0.141. The van der Waals surface area contributed by atoms with Crippen molar-refractivity contribution in [3.8, 4) is 0 Å². The summed E-state index contributed by atoms with van der Waals surface area (Å²) in [6.07, 6.45) is 4.53. The standard InChI is InChI=1S/C31H44N4O3.CO2/c1-23(36)35-22-34(28-16-15-27(20-29(28)35)33-31(2,3)4)18-17-26(19-24-11-7-5-8-12-24)32-30(37)38-21-25-13-9-6-10-14-25;2-1-3/h5-14,26-29,33H,15-22H2,1-4H3,(H,32,37);/t26-,27+,28-,29+;/m0./s1. The molecule has 9 heteroatoms. The van der Waals surface area contributed by atoms with Crippen molar-refractivity contribution >= 4 is 18.2 Å². The fourth-order valence-corrected chi connectivity index (χ4v) is 5.99. The first-order chi connectivity index (χ1) is 19.6. The Hall–Kier alpha value is -3.52. The molecule has 2 amide bonds. The van der Waals surface area contributed by atoms with Crippen LogP contribution < -0.4 is 10.6 Å². The molecule has 0 bridgehead atoms. The Kier molecular flexibility index (Phi) is 12.1. The molecule has 1 saturated carbocycles. The minimum Gasteiger partial charge on any atom is -0.445 e. The third kappa shape index (κ3) is 10.4. The average Bonchev–Trinajstić information content (AvgIpc) is 3.29. The molecule has 0 aromatic heterocycles. The smallest absolute Gasteiger partial charge is 0.407 e. The summed E-state index contributed by atoms with van der Waals surface area (Å²) in [5.41, 5.74) is 2.20. The summed E-state index contributed by atoms with van der Waals surface area (Å²) < 4.78 is 5.53. The molecule has 1 saturated heterocycles. The van der Waals surface area contributed by atoms with E-state index < -0.39 is 6.09 Å². The lowest BCUT2D eigenvalue weighted by atomic mass is 9.85. The van der Waals surface area contributed by atoms with Crippen LogP contribution in [-0.2, 0) is 32.1 Å². The van der Waals surface area contributed by atoms with Crippen LogP contribution in [-0.4, -0.2) is 70.9 Å². The fraction of sp³-hybridized carbons (Fsp3) is 0.531. The van der Waals surface area contributed by atoms with Gasteiger partial charge in [0.05, 0.1) is 12.7 Å². The van der Waals surface area contributed by atoms with Gasteiger partial charge in [-0.1, -0.05) is 60.7 Å². The molecule has 0 unspecified atom stereocenters. The summed E-state index contributed by atoms with van der Waals surface area (Å²) in [6, 6.07) is 20.9. The normalized spacial score (nSPS) is 21.1. The fourth-order valence-electron chi connectivity index (χ4n) is 5.99. The minimum absolute atomic E-state index is 0.0578. The number of nitrogens with zero attached hydrogens (tertiary/aromatic N) is 2. The molecule has 9 nitrogen and oxygen atoms in total. The quantitative estimate of drug-likeness (QED) is 0.472. The second-order valence-electron chi connectivity index (χ2n) is 11.9. The molecule has 41 heavy (non-hydrogen) atoms. The molecule has 4 rings (SSSR count). The number of alkyl carbamates (subject to hydrolysis) is 1. The van der Waals surface area contributed by atoms with Gasteiger partial charge >= 0.3 is 12.2 Å². The summed E-state index contributed by atoms with van der Waals surface area (Å²) in [4.78, 5) is 46.0. The van der Waals surface area contributed by atoms with Crippen LogP contribution in [0.25, 0.3) is 0 Å². The van der Waals surface area contributed by atoms with Gasteiger partial charge in [-0.2, -0.15) is 9.59 Å². The van der Waals surface area contributed by atoms with Gasteiger partial charge < -0.3 is 20.3 Å². The molecule has 222 valence electrons. The van der Waals surface area contributed by atoms with E-state index in [0.717, 1.165) is 44.2 Å². The highest BCUT2D eigenvalue weighted by Crippen LogP contribution is 2.34. The van der Waals surface area contributed by atoms with Crippen molar-refractivity contribution in [1.29, 1.82) is 0 Å². The van der Waals surface area contributed by atoms with E-state index in [9.17, 15) is 9.59 Å². The highest BCUT2D eigenvalue weighted by atomic mass is 16.5. The highest BCUT2D eigenvalue weighted by molar-refractivity contribution is 5.74. The van der Waals surface area contributed by atoms with Crippen molar-refractivity contribution in [3.63, 3.8) is 0 Å². The molecule has 2 N–H and O–H groups in total. The number of amides is 2. The van der Waals surface area contributed by atoms with Gasteiger partial charge in [-0.3, -0.25) is 9.69 Å². The van der Waals surface area contributed by atoms with Gasteiger partial charge in [0.15, 0.2) is 0 Å². The lowest BCUT2D eigenvalue weighted by Gasteiger charge is -2.39. The van der Waals surface area contributed by atoms with Gasteiger partial charge in [-0.05, 0) is 64.0 Å². The molecule has 4 atom stereocenters. The van der Waals surface area contributed by atoms with E-state index in [1.54, 1.807) is 6.92 Å². The van der Waals surface area contributed by atoms with E-state index >= 15 is 0 Å². The summed E-state index contributed by atoms with van der Waals surface area (Å²) >= 11 is 0. The predicted octanol–water partition coefficient (Wildman–Crippen LogP) is 4.13. The molecular formula is C32H44N4O5. The summed E-state index contributed by atoms with van der Waals surface area (Å²) in [6.45, 7) is 10.0. The number of hydrogen-bond acceptors (Lipinski definition) is 7. The Morgan fingerprint density at radius 3 is 2.17 bits per heavy atom. The van der Waals surface area contributed by atoms with Crippen molar-refractivity contribution in [3.05, 3.63) is 71.8 Å². The van der Waals surface area contributed by atoms with Crippen molar-refractivity contribution in [2.24, 2.45) is 0 Å². The SMILES string of the molecule is CC(=O)N1CN(CC[C@@H](Cc2ccccc2)NC(=O)OCc2ccccc2)[C@H]2CC[C@@H](NC(C)(C)C)C[C@H]21.O=C=O. The first kappa shape index (κ1) is 32.0. The largest absolute Gasteiger partial charge is 0.445 e. The molecule has 2 aliphatic rings. The van der Waals surface area contributed by atoms with Crippen LogP contribution in [0.4, 0.5) is 4.79 Å². The average molecular weight is 565 g/mol. The maximum atomic E-state index is 12.7. The molecule has 1 aliphatic heterocycles. The summed E-state index contributed by atoms with van der Waals surface area (Å²) in [7, 11) is 0. The van der Waals surface area contributed by atoms with E-state index in [1.807, 2.05) is 48.5 Å². The molecule has 2 aromatic rings. The van der Waals surface area contributed by atoms with Crippen LogP contribution in [0.5, 0.6) is 0 Å². The molecule has 0 radical (unpaired) electrons. The van der Waals surface area contributed by atoms with Crippen LogP contribution in [0.3, 0.4) is 0 Å². The lowest BCUT2D eigenvalue weighted by Crippen LogP contribution is -2.53. The zero-order valence-corrected chi connectivity index (χ0v) is 24.7. The third-order valence-electron chi connectivity index (χ3n) is 7.65. The topological polar surface area (TPSA) is 108 Å². The first-order valence-electron chi connectivity index (χ1n) is 14.4. The van der Waals surface area contributed by atoms with E-state index in [1.165, 1.54) is 5.56 Å². The second-order valence-corrected chi connectivity index (χ2v) is 11.9. The minimum atomic E-state index is -0.395. The van der Waals surface area contributed by atoms with Crippen LogP contribution in [0.1, 0.15) is 64.5 Å². The van der Waals surface area contributed by atoms with Gasteiger partial charge in [-0.15, -0.1) is 0 Å². The molecule has 0 spiro atoms. The van der Waals surface area contributed by atoms with Gasteiger partial charge in [0, 0.05) is 37.1 Å². The highest BCUT2D eigenvalue weighted by Gasteiger charge is 2.45. The molecule has 2 fully saturated rings. The Morgan fingerprint density at radius 2 is 1.59 bits per heavy atom. The maximum Gasteiger partial charge on any atom is 0.407 e. The van der Waals surface area contributed by atoms with Gasteiger partial charge in [0.1, 0.15) is 6.61 Å². The van der Waals surface area contributed by atoms with E-state index in [2.05, 4.69) is 53.3 Å². The Bertz CT molecular complexity index is 1130. The van der Waals surface area contributed by atoms with Crippen molar-refractivity contribution in [2.75, 3.05) is 13.2 Å². The zero-order valence-electron chi connectivity index (χ0n) is 24.7.